The highest BCUT2D eigenvalue weighted by Gasteiger charge is 2.14. The second-order valence-corrected chi connectivity index (χ2v) is 4.65. The van der Waals surface area contributed by atoms with E-state index in [1.807, 2.05) is 18.2 Å². The first-order valence-corrected chi connectivity index (χ1v) is 6.37. The number of hydrogen-bond donors (Lipinski definition) is 1. The Morgan fingerprint density at radius 1 is 1.29 bits per heavy atom. The van der Waals surface area contributed by atoms with Gasteiger partial charge in [0, 0.05) is 6.04 Å². The Balaban J connectivity index is 2.06. The van der Waals surface area contributed by atoms with Crippen LogP contribution in [0.5, 0.6) is 5.75 Å². The molecule has 17 heavy (non-hydrogen) atoms. The summed E-state index contributed by atoms with van der Waals surface area (Å²) >= 11 is 0. The van der Waals surface area contributed by atoms with Crippen LogP contribution in [-0.2, 0) is 6.42 Å². The van der Waals surface area contributed by atoms with Gasteiger partial charge in [-0.2, -0.15) is 0 Å². The van der Waals surface area contributed by atoms with Gasteiger partial charge < -0.3 is 10.5 Å². The predicted octanol–water partition coefficient (Wildman–Crippen LogP) is 3.07. The third-order valence-corrected chi connectivity index (χ3v) is 3.43. The summed E-state index contributed by atoms with van der Waals surface area (Å²) in [6, 6.07) is 8.28. The molecule has 2 heteroatoms. The molecule has 1 atom stereocenters. The highest BCUT2D eigenvalue weighted by molar-refractivity contribution is 5.35. The maximum Gasteiger partial charge on any atom is 0.122 e. The minimum Gasteiger partial charge on any atom is -0.496 e. The number of para-hydroxylation sites is 1. The summed E-state index contributed by atoms with van der Waals surface area (Å²) in [5.74, 6) is 0.944. The summed E-state index contributed by atoms with van der Waals surface area (Å²) in [5.41, 5.74) is 8.90. The molecule has 0 heterocycles. The molecule has 0 aliphatic heterocycles. The van der Waals surface area contributed by atoms with E-state index in [2.05, 4.69) is 12.1 Å². The first kappa shape index (κ1) is 12.2. The van der Waals surface area contributed by atoms with Crippen molar-refractivity contribution in [3.63, 3.8) is 0 Å². The van der Waals surface area contributed by atoms with Gasteiger partial charge in [0.2, 0.25) is 0 Å². The van der Waals surface area contributed by atoms with Gasteiger partial charge in [-0.15, -0.1) is 0 Å². The van der Waals surface area contributed by atoms with E-state index in [-0.39, 0.29) is 6.04 Å². The molecule has 0 radical (unpaired) electrons. The second kappa shape index (κ2) is 5.87. The smallest absolute Gasteiger partial charge is 0.122 e. The maximum absolute atomic E-state index is 6.28. The van der Waals surface area contributed by atoms with Crippen LogP contribution in [0.1, 0.15) is 31.2 Å². The first-order valence-electron chi connectivity index (χ1n) is 6.37. The molecule has 0 fully saturated rings. The van der Waals surface area contributed by atoms with Crippen LogP contribution in [0.25, 0.3) is 0 Å². The molecule has 2 rings (SSSR count). The van der Waals surface area contributed by atoms with Crippen LogP contribution in [0.4, 0.5) is 0 Å². The molecule has 1 aliphatic carbocycles. The van der Waals surface area contributed by atoms with Crippen LogP contribution in [0.2, 0.25) is 0 Å². The molecular formula is C15H21NO. The van der Waals surface area contributed by atoms with Crippen LogP contribution < -0.4 is 10.5 Å². The van der Waals surface area contributed by atoms with E-state index in [1.165, 1.54) is 30.4 Å². The molecule has 2 N–H and O–H groups in total. The Morgan fingerprint density at radius 2 is 2.12 bits per heavy atom. The lowest BCUT2D eigenvalue weighted by molar-refractivity contribution is 0.408. The topological polar surface area (TPSA) is 35.2 Å². The first-order chi connectivity index (χ1) is 8.31. The summed E-state index contributed by atoms with van der Waals surface area (Å²) in [7, 11) is 1.71. The van der Waals surface area contributed by atoms with Crippen molar-refractivity contribution < 1.29 is 4.74 Å². The van der Waals surface area contributed by atoms with Crippen molar-refractivity contribution in [2.75, 3.05) is 7.11 Å². The summed E-state index contributed by atoms with van der Waals surface area (Å²) < 4.78 is 5.36. The number of methoxy groups -OCH3 is 1. The van der Waals surface area contributed by atoms with Crippen LogP contribution in [0.15, 0.2) is 35.9 Å². The van der Waals surface area contributed by atoms with Crippen LogP contribution in [-0.4, -0.2) is 13.2 Å². The second-order valence-electron chi connectivity index (χ2n) is 4.65. The minimum absolute atomic E-state index is 0.145. The third kappa shape index (κ3) is 3.10. The molecule has 0 bridgehead atoms. The lowest BCUT2D eigenvalue weighted by Gasteiger charge is -2.20. The Bertz CT molecular complexity index is 398. The minimum atomic E-state index is 0.145. The van der Waals surface area contributed by atoms with E-state index < -0.39 is 0 Å². The van der Waals surface area contributed by atoms with Crippen molar-refractivity contribution in [3.8, 4) is 5.75 Å². The normalized spacial score (nSPS) is 17.4. The largest absolute Gasteiger partial charge is 0.496 e. The van der Waals surface area contributed by atoms with E-state index in [0.717, 1.165) is 18.6 Å². The van der Waals surface area contributed by atoms with Gasteiger partial charge in [0.05, 0.1) is 7.11 Å². The van der Waals surface area contributed by atoms with Crippen molar-refractivity contribution in [2.45, 2.75) is 38.1 Å². The summed E-state index contributed by atoms with van der Waals surface area (Å²) in [5, 5.41) is 0. The zero-order valence-corrected chi connectivity index (χ0v) is 10.5. The summed E-state index contributed by atoms with van der Waals surface area (Å²) in [6.07, 6.45) is 8.14. The molecule has 1 aliphatic rings. The predicted molar refractivity (Wildman–Crippen MR) is 71.2 cm³/mol. The maximum atomic E-state index is 6.28. The van der Waals surface area contributed by atoms with Crippen LogP contribution in [0, 0.1) is 0 Å². The molecule has 0 saturated heterocycles. The van der Waals surface area contributed by atoms with E-state index in [9.17, 15) is 0 Å². The Morgan fingerprint density at radius 3 is 2.82 bits per heavy atom. The summed E-state index contributed by atoms with van der Waals surface area (Å²) in [6.45, 7) is 0. The number of allylic oxidation sites excluding steroid dienone is 1. The zero-order chi connectivity index (χ0) is 12.1. The van der Waals surface area contributed by atoms with Gasteiger partial charge in [-0.05, 0) is 43.7 Å². The monoisotopic (exact) mass is 231 g/mol. The zero-order valence-electron chi connectivity index (χ0n) is 10.5. The van der Waals surface area contributed by atoms with Crippen molar-refractivity contribution >= 4 is 0 Å². The fourth-order valence-electron chi connectivity index (χ4n) is 2.44. The molecule has 0 amide bonds. The van der Waals surface area contributed by atoms with E-state index in [4.69, 9.17) is 10.5 Å². The standard InChI is InChI=1S/C15H21NO/c1-17-15-10-6-5-9-13(15)11-14(16)12-7-3-2-4-8-12/h5-7,9-10,14H,2-4,8,11,16H2,1H3. The molecule has 92 valence electrons. The molecule has 0 spiro atoms. The van der Waals surface area contributed by atoms with Crippen LogP contribution >= 0.6 is 0 Å². The van der Waals surface area contributed by atoms with Gasteiger partial charge >= 0.3 is 0 Å². The number of benzene rings is 1. The Hall–Kier alpha value is -1.28. The van der Waals surface area contributed by atoms with Crippen molar-refractivity contribution in [2.24, 2.45) is 5.73 Å². The van der Waals surface area contributed by atoms with E-state index in [1.54, 1.807) is 7.11 Å². The molecule has 0 saturated carbocycles. The van der Waals surface area contributed by atoms with Gasteiger partial charge in [-0.25, -0.2) is 0 Å². The number of nitrogens with two attached hydrogens (primary N) is 1. The van der Waals surface area contributed by atoms with Crippen LogP contribution in [0.3, 0.4) is 0 Å². The highest BCUT2D eigenvalue weighted by Crippen LogP contribution is 2.24. The van der Waals surface area contributed by atoms with Crippen molar-refractivity contribution in [3.05, 3.63) is 41.5 Å². The molecule has 1 aromatic rings. The fraction of sp³-hybridized carbons (Fsp3) is 0.467. The van der Waals surface area contributed by atoms with Gasteiger partial charge in [-0.3, -0.25) is 0 Å². The average molecular weight is 231 g/mol. The number of ether oxygens (including phenoxy) is 1. The SMILES string of the molecule is COc1ccccc1CC(N)C1=CCCCC1. The lowest BCUT2D eigenvalue weighted by atomic mass is 9.91. The highest BCUT2D eigenvalue weighted by atomic mass is 16.5. The Kier molecular flexibility index (Phi) is 4.21. The number of rotatable bonds is 4. The molecule has 1 unspecified atom stereocenters. The summed E-state index contributed by atoms with van der Waals surface area (Å²) in [4.78, 5) is 0. The van der Waals surface area contributed by atoms with Gasteiger partial charge in [0.1, 0.15) is 5.75 Å². The van der Waals surface area contributed by atoms with Crippen molar-refractivity contribution in [1.82, 2.24) is 0 Å². The van der Waals surface area contributed by atoms with Crippen molar-refractivity contribution in [1.29, 1.82) is 0 Å². The lowest BCUT2D eigenvalue weighted by Crippen LogP contribution is -2.26. The molecule has 0 aromatic heterocycles. The van der Waals surface area contributed by atoms with E-state index in [0.29, 0.717) is 0 Å². The Labute approximate surface area is 103 Å². The van der Waals surface area contributed by atoms with Gasteiger partial charge in [-0.1, -0.05) is 29.8 Å². The van der Waals surface area contributed by atoms with Gasteiger partial charge in [0.25, 0.3) is 0 Å². The quantitative estimate of drug-likeness (QED) is 0.808. The third-order valence-electron chi connectivity index (χ3n) is 3.43. The van der Waals surface area contributed by atoms with Gasteiger partial charge in [0.15, 0.2) is 0 Å². The molecular weight excluding hydrogens is 210 g/mol. The molecule has 1 aromatic carbocycles. The average Bonchev–Trinajstić information content (AvgIpc) is 2.40. The number of hydrogen-bond acceptors (Lipinski definition) is 2. The fourth-order valence-corrected chi connectivity index (χ4v) is 2.44. The molecule has 2 nitrogen and oxygen atoms in total. The van der Waals surface area contributed by atoms with E-state index >= 15 is 0 Å².